The molecule has 0 bridgehead atoms. The highest BCUT2D eigenvalue weighted by Gasteiger charge is 2.38. The molecule has 6 heterocycles. The predicted molar refractivity (Wildman–Crippen MR) is 586 cm³/mol. The lowest BCUT2D eigenvalue weighted by Crippen LogP contribution is -2.14. The first kappa shape index (κ1) is 79.1. The number of para-hydroxylation sites is 6. The first-order chi connectivity index (χ1) is 68.7. The van der Waals surface area contributed by atoms with Crippen molar-refractivity contribution in [3.63, 3.8) is 0 Å². The Morgan fingerprint density at radius 2 is 0.543 bits per heavy atom. The number of furan rings is 2. The van der Waals surface area contributed by atoms with Gasteiger partial charge in [-0.25, -0.2) is 9.69 Å². The summed E-state index contributed by atoms with van der Waals surface area (Å²) in [5, 5.41) is 23.6. The Kier molecular flexibility index (Phi) is 16.7. The molecule has 0 radical (unpaired) electrons. The molecule has 28 aromatic rings. The third-order valence-electron chi connectivity index (χ3n) is 30.9. The minimum atomic E-state index is -0.0559. The van der Waals surface area contributed by atoms with Gasteiger partial charge in [-0.3, -0.25) is 0 Å². The van der Waals surface area contributed by atoms with Gasteiger partial charge in [-0.05, 0) is 302 Å². The second-order valence-corrected chi connectivity index (χ2v) is 39.2. The van der Waals surface area contributed by atoms with Crippen LogP contribution in [0, 0.1) is 13.1 Å². The topological polar surface area (TPSA) is 50.3 Å². The smallest absolute Gasteiger partial charge is 0.187 e. The fourth-order valence-corrected chi connectivity index (χ4v) is 24.1. The van der Waals surface area contributed by atoms with Gasteiger partial charge >= 0.3 is 0 Å². The molecular weight excluding hydrogens is 1700 g/mol. The van der Waals surface area contributed by atoms with Crippen molar-refractivity contribution >= 4 is 209 Å². The van der Waals surface area contributed by atoms with Crippen molar-refractivity contribution in [2.24, 2.45) is 0 Å². The predicted octanol–water partition coefficient (Wildman–Crippen LogP) is 37.4. The van der Waals surface area contributed by atoms with Crippen LogP contribution in [0.5, 0.6) is 0 Å². The van der Waals surface area contributed by atoms with Crippen LogP contribution in [0.3, 0.4) is 0 Å². The number of anilines is 6. The zero-order valence-electron chi connectivity index (χ0n) is 76.9. The van der Waals surface area contributed by atoms with Gasteiger partial charge in [-0.2, -0.15) is 0 Å². The Morgan fingerprint density at radius 3 is 0.936 bits per heavy atom. The molecule has 2 aliphatic carbocycles. The van der Waals surface area contributed by atoms with Crippen molar-refractivity contribution in [1.29, 1.82) is 0 Å². The van der Waals surface area contributed by atoms with Crippen LogP contribution in [0.4, 0.5) is 45.5 Å². The first-order valence-electron chi connectivity index (χ1n) is 48.0. The molecule has 0 amide bonds. The molecule has 30 rings (SSSR count). The lowest BCUT2D eigenvalue weighted by atomic mass is 9.81. The molecule has 8 heteroatoms. The molecule has 0 saturated heterocycles. The minimum absolute atomic E-state index is 0.0559. The van der Waals surface area contributed by atoms with Crippen LogP contribution in [-0.2, 0) is 10.8 Å². The van der Waals surface area contributed by atoms with Gasteiger partial charge in [0.15, 0.2) is 22.5 Å². The molecular formula is C132H82N6O2. The molecule has 2 aliphatic rings. The van der Waals surface area contributed by atoms with Gasteiger partial charge in [0.25, 0.3) is 0 Å². The zero-order valence-corrected chi connectivity index (χ0v) is 76.9. The van der Waals surface area contributed by atoms with E-state index in [1.165, 1.54) is 153 Å². The number of benzene rings is 22. The van der Waals surface area contributed by atoms with Gasteiger partial charge in [0.05, 0.1) is 57.6 Å². The van der Waals surface area contributed by atoms with E-state index in [2.05, 4.69) is 432 Å². The zero-order chi connectivity index (χ0) is 92.8. The molecule has 6 aromatic heterocycles. The minimum Gasteiger partial charge on any atom is -0.454 e. The van der Waals surface area contributed by atoms with Gasteiger partial charge in [0.1, 0.15) is 11.2 Å². The Labute approximate surface area is 805 Å². The number of hydrogen-bond donors (Lipinski definition) is 0. The Hall–Kier alpha value is -18.3. The average Bonchev–Trinajstić information content (AvgIpc) is 1.53. The molecule has 0 fully saturated rings. The SMILES string of the molecule is [C-]#[N+]c1ccc(-c2cc3c4cc5ccc(-c6ccc7c(c6)C(C)(C)c6ccccc6-7)cc5cc4n4c5cc6cc(-c7ccc8c(c7)C(C)(C)c7ccccc7-8)ccc6cc5c(c2)c34)cc1.[C-]#[N+]c1ccc(-c2cc3c4cc5ccc(N(c6ccccc6)c6cccc7c6oc6ccccc67)cc5cc4n4c5cc6cc(N(c7ccccc7)c7cccc8c7oc7ccccc78)ccc6cc5c(c2)c34)cc1. The van der Waals surface area contributed by atoms with Crippen molar-refractivity contribution < 1.29 is 8.83 Å². The standard InChI is InChI=1S/C69H40N4O2.C63H42N2/c1-70-48-30-26-42(27-31-48)47-38-59-57-36-43-28-32-51(71(49-14-4-2-5-15-49)61-22-12-20-55-53-18-8-10-24-65(53)74-68(55)61)34-45(43)40-63(57)73-64-41-46-35-52(33-29-44(46)37-58(64)60(39-47)67(59)73)72(50-16-6-3-7-17-50)62-23-13-21-56-54-19-9-11-25-66(54)75-69(56)62;1-62(2)55-12-8-6-10-47(55)49-24-20-41(32-57(49)62)37-14-16-39-28-51-53-30-45(36-18-22-46(64-5)23-19-36)31-54-52-29-40-17-15-38(27-44(40)35-60(52)65(61(53)54)59(51)34-43(39)26-37)42-21-25-50-48-11-7-9-13-56(48)63(3,4)58(50)33-42/h2-41H;6-35H,1-4H3. The van der Waals surface area contributed by atoms with Crippen molar-refractivity contribution in [1.82, 2.24) is 8.80 Å². The van der Waals surface area contributed by atoms with Crippen LogP contribution in [0.15, 0.2) is 433 Å². The fourth-order valence-electron chi connectivity index (χ4n) is 24.1. The van der Waals surface area contributed by atoms with E-state index in [0.717, 1.165) is 133 Å². The number of aromatic nitrogens is 2. The van der Waals surface area contributed by atoms with Crippen LogP contribution < -0.4 is 9.80 Å². The van der Waals surface area contributed by atoms with Gasteiger partial charge in [0, 0.05) is 98.2 Å². The molecule has 652 valence electrons. The van der Waals surface area contributed by atoms with Crippen molar-refractivity contribution in [2.45, 2.75) is 38.5 Å². The molecule has 22 aromatic carbocycles. The van der Waals surface area contributed by atoms with E-state index in [4.69, 9.17) is 22.0 Å². The summed E-state index contributed by atoms with van der Waals surface area (Å²) in [7, 11) is 0. The Morgan fingerprint density at radius 1 is 0.221 bits per heavy atom. The largest absolute Gasteiger partial charge is 0.454 e. The molecule has 0 saturated carbocycles. The lowest BCUT2D eigenvalue weighted by Gasteiger charge is -2.26. The lowest BCUT2D eigenvalue weighted by molar-refractivity contribution is 0.660. The Bertz CT molecular complexity index is 9790. The normalized spacial score (nSPS) is 13.1. The van der Waals surface area contributed by atoms with E-state index >= 15 is 0 Å². The van der Waals surface area contributed by atoms with E-state index in [1.54, 1.807) is 0 Å². The van der Waals surface area contributed by atoms with Gasteiger partial charge in [-0.15, -0.1) is 0 Å². The maximum absolute atomic E-state index is 7.64. The molecule has 140 heavy (non-hydrogen) atoms. The van der Waals surface area contributed by atoms with Crippen LogP contribution >= 0.6 is 0 Å². The highest BCUT2D eigenvalue weighted by atomic mass is 16.3. The summed E-state index contributed by atoms with van der Waals surface area (Å²) >= 11 is 0. The number of nitrogens with zero attached hydrogens (tertiary/aromatic N) is 6. The summed E-state index contributed by atoms with van der Waals surface area (Å²) in [5.74, 6) is 0. The summed E-state index contributed by atoms with van der Waals surface area (Å²) in [5.41, 5.74) is 38.2. The van der Waals surface area contributed by atoms with Crippen LogP contribution in [0.1, 0.15) is 49.9 Å². The number of rotatable bonds is 10. The monoisotopic (exact) mass is 1780 g/mol. The molecule has 0 N–H and O–H groups in total. The van der Waals surface area contributed by atoms with Crippen LogP contribution in [0.2, 0.25) is 0 Å². The van der Waals surface area contributed by atoms with Crippen molar-refractivity contribution in [3.05, 3.63) is 470 Å². The van der Waals surface area contributed by atoms with E-state index in [1.807, 2.05) is 48.5 Å². The van der Waals surface area contributed by atoms with E-state index in [9.17, 15) is 0 Å². The van der Waals surface area contributed by atoms with Crippen molar-refractivity contribution in [3.8, 4) is 66.8 Å². The van der Waals surface area contributed by atoms with Crippen LogP contribution in [0.25, 0.3) is 240 Å². The van der Waals surface area contributed by atoms with Gasteiger partial charge in [-0.1, -0.05) is 282 Å². The molecule has 0 unspecified atom stereocenters. The molecule has 0 aliphatic heterocycles. The summed E-state index contributed by atoms with van der Waals surface area (Å²) in [6, 6.07) is 155. The summed E-state index contributed by atoms with van der Waals surface area (Å²) in [6.07, 6.45) is 0. The quantitative estimate of drug-likeness (QED) is 0.128. The van der Waals surface area contributed by atoms with Gasteiger partial charge in [0.2, 0.25) is 0 Å². The number of hydrogen-bond acceptors (Lipinski definition) is 4. The summed E-state index contributed by atoms with van der Waals surface area (Å²) in [6.45, 7) is 24.6. The molecule has 8 nitrogen and oxygen atoms in total. The van der Waals surface area contributed by atoms with Crippen LogP contribution in [-0.4, -0.2) is 8.80 Å². The maximum Gasteiger partial charge on any atom is 0.187 e. The highest BCUT2D eigenvalue weighted by molar-refractivity contribution is 6.30. The average molecular weight is 1780 g/mol. The van der Waals surface area contributed by atoms with Gasteiger partial charge < -0.3 is 27.4 Å². The highest BCUT2D eigenvalue weighted by Crippen LogP contribution is 2.56. The fraction of sp³-hybridized carbons (Fsp3) is 0.0455. The third-order valence-corrected chi connectivity index (χ3v) is 30.9. The Balaban J connectivity index is 0.000000136. The maximum atomic E-state index is 7.64. The summed E-state index contributed by atoms with van der Waals surface area (Å²) < 4.78 is 18.4. The number of fused-ring (bicyclic) bond motifs is 28. The first-order valence-corrected chi connectivity index (χ1v) is 48.0. The van der Waals surface area contributed by atoms with E-state index in [-0.39, 0.29) is 10.8 Å². The second-order valence-electron chi connectivity index (χ2n) is 39.2. The third kappa shape index (κ3) is 11.7. The molecule has 0 spiro atoms. The van der Waals surface area contributed by atoms with E-state index in [0.29, 0.717) is 11.4 Å². The molecule has 0 atom stereocenters. The van der Waals surface area contributed by atoms with Crippen molar-refractivity contribution in [2.75, 3.05) is 9.80 Å². The second kappa shape index (κ2) is 29.6. The summed E-state index contributed by atoms with van der Waals surface area (Å²) in [4.78, 5) is 12.0. The van der Waals surface area contributed by atoms with E-state index < -0.39 is 0 Å².